The van der Waals surface area contributed by atoms with E-state index in [0.29, 0.717) is 39.7 Å². The molecule has 4 aromatic rings. The SMILES string of the molecule is Cn1nc(NC(=O)c2ccc(OCCO)c(Cl)c2)cc1-c1nc2cccc(F)c2[nH]1. The maximum Gasteiger partial charge on any atom is 0.256 e. The van der Waals surface area contributed by atoms with Gasteiger partial charge in [0.15, 0.2) is 11.6 Å². The van der Waals surface area contributed by atoms with Gasteiger partial charge in [0.05, 0.1) is 17.1 Å². The second-order valence-corrected chi connectivity index (χ2v) is 6.84. The molecule has 0 aliphatic rings. The number of hydrogen-bond donors (Lipinski definition) is 3. The van der Waals surface area contributed by atoms with Crippen LogP contribution in [0.1, 0.15) is 10.4 Å². The Kier molecular flexibility index (Phi) is 5.39. The summed E-state index contributed by atoms with van der Waals surface area (Å²) < 4.78 is 20.7. The molecule has 154 valence electrons. The molecule has 0 aliphatic carbocycles. The first kappa shape index (κ1) is 19.9. The molecule has 0 fully saturated rings. The minimum Gasteiger partial charge on any atom is -0.490 e. The van der Waals surface area contributed by atoms with Crippen molar-refractivity contribution in [1.29, 1.82) is 0 Å². The van der Waals surface area contributed by atoms with Crippen LogP contribution in [0.15, 0.2) is 42.5 Å². The molecular weight excluding hydrogens is 413 g/mol. The smallest absolute Gasteiger partial charge is 0.256 e. The van der Waals surface area contributed by atoms with Gasteiger partial charge in [-0.2, -0.15) is 5.10 Å². The highest BCUT2D eigenvalue weighted by Gasteiger charge is 2.16. The Balaban J connectivity index is 1.55. The Morgan fingerprint density at radius 2 is 2.17 bits per heavy atom. The van der Waals surface area contributed by atoms with Crippen molar-refractivity contribution in [1.82, 2.24) is 19.7 Å². The number of aryl methyl sites for hydroxylation is 1. The van der Waals surface area contributed by atoms with Gasteiger partial charge in [-0.25, -0.2) is 9.37 Å². The Morgan fingerprint density at radius 1 is 1.33 bits per heavy atom. The number of aromatic amines is 1. The number of para-hydroxylation sites is 1. The predicted octanol–water partition coefficient (Wildman–Crippen LogP) is 3.38. The molecule has 30 heavy (non-hydrogen) atoms. The Hall–Kier alpha value is -3.43. The third-order valence-electron chi connectivity index (χ3n) is 4.37. The molecule has 0 aliphatic heterocycles. The molecule has 10 heteroatoms. The van der Waals surface area contributed by atoms with Crippen LogP contribution in [-0.2, 0) is 7.05 Å². The van der Waals surface area contributed by atoms with E-state index in [4.69, 9.17) is 21.4 Å². The lowest BCUT2D eigenvalue weighted by Crippen LogP contribution is -2.12. The molecule has 2 aromatic heterocycles. The largest absolute Gasteiger partial charge is 0.490 e. The molecule has 1 amide bonds. The average Bonchev–Trinajstić information content (AvgIpc) is 3.31. The summed E-state index contributed by atoms with van der Waals surface area (Å²) in [6.07, 6.45) is 0. The highest BCUT2D eigenvalue weighted by molar-refractivity contribution is 6.32. The lowest BCUT2D eigenvalue weighted by Gasteiger charge is -2.08. The van der Waals surface area contributed by atoms with Gasteiger partial charge in [-0.1, -0.05) is 17.7 Å². The van der Waals surface area contributed by atoms with E-state index in [0.717, 1.165) is 0 Å². The van der Waals surface area contributed by atoms with Crippen LogP contribution in [0.2, 0.25) is 5.02 Å². The van der Waals surface area contributed by atoms with Crippen molar-refractivity contribution in [3.05, 3.63) is 58.9 Å². The number of nitrogens with zero attached hydrogens (tertiary/aromatic N) is 3. The summed E-state index contributed by atoms with van der Waals surface area (Å²) in [5, 5.41) is 16.0. The van der Waals surface area contributed by atoms with Gasteiger partial charge < -0.3 is 20.1 Å². The van der Waals surface area contributed by atoms with Crippen molar-refractivity contribution in [2.24, 2.45) is 7.05 Å². The number of fused-ring (bicyclic) bond motifs is 1. The number of nitrogens with one attached hydrogen (secondary N) is 2. The first-order valence-electron chi connectivity index (χ1n) is 8.99. The van der Waals surface area contributed by atoms with Crippen LogP contribution in [0.4, 0.5) is 10.2 Å². The number of anilines is 1. The molecule has 0 saturated heterocycles. The summed E-state index contributed by atoms with van der Waals surface area (Å²) in [6.45, 7) is -0.0356. The van der Waals surface area contributed by atoms with Crippen molar-refractivity contribution in [3.8, 4) is 17.3 Å². The van der Waals surface area contributed by atoms with Crippen LogP contribution >= 0.6 is 11.6 Å². The summed E-state index contributed by atoms with van der Waals surface area (Å²) in [4.78, 5) is 19.9. The fourth-order valence-corrected chi connectivity index (χ4v) is 3.21. The third-order valence-corrected chi connectivity index (χ3v) is 4.67. The topological polar surface area (TPSA) is 105 Å². The minimum atomic E-state index is -0.411. The van der Waals surface area contributed by atoms with E-state index in [1.54, 1.807) is 37.4 Å². The number of ether oxygens (including phenoxy) is 1. The molecular formula is C20H17ClFN5O3. The van der Waals surface area contributed by atoms with Crippen molar-refractivity contribution in [2.75, 3.05) is 18.5 Å². The summed E-state index contributed by atoms with van der Waals surface area (Å²) >= 11 is 6.12. The number of rotatable bonds is 6. The number of hydrogen-bond acceptors (Lipinski definition) is 5. The first-order chi connectivity index (χ1) is 14.5. The number of benzene rings is 2. The van der Waals surface area contributed by atoms with E-state index in [1.807, 2.05) is 0 Å². The normalized spacial score (nSPS) is 11.1. The van der Waals surface area contributed by atoms with E-state index < -0.39 is 11.7 Å². The summed E-state index contributed by atoms with van der Waals surface area (Å²) in [7, 11) is 1.69. The molecule has 2 heterocycles. The standard InChI is InChI=1S/C20H17ClFN5O3/c1-27-15(19-23-14-4-2-3-13(22)18(14)25-19)10-17(26-27)24-20(29)11-5-6-16(12(21)9-11)30-8-7-28/h2-6,9-10,28H,7-8H2,1H3,(H,23,25)(H,24,26,29). The highest BCUT2D eigenvalue weighted by atomic mass is 35.5. The molecule has 4 rings (SSSR count). The van der Waals surface area contributed by atoms with Gasteiger partial charge in [0.1, 0.15) is 29.4 Å². The molecule has 3 N–H and O–H groups in total. The van der Waals surface area contributed by atoms with Crippen molar-refractivity contribution in [2.45, 2.75) is 0 Å². The van der Waals surface area contributed by atoms with Gasteiger partial charge in [-0.3, -0.25) is 9.48 Å². The first-order valence-corrected chi connectivity index (χ1v) is 9.37. The zero-order valence-electron chi connectivity index (χ0n) is 15.8. The number of imidazole rings is 1. The summed E-state index contributed by atoms with van der Waals surface area (Å²) in [5.41, 5.74) is 1.69. The van der Waals surface area contributed by atoms with E-state index in [1.165, 1.54) is 16.8 Å². The number of amides is 1. The molecule has 0 saturated carbocycles. The number of H-pyrrole nitrogens is 1. The number of halogens is 2. The maximum absolute atomic E-state index is 13.9. The van der Waals surface area contributed by atoms with E-state index in [2.05, 4.69) is 20.4 Å². The van der Waals surface area contributed by atoms with Crippen LogP contribution < -0.4 is 10.1 Å². The number of aliphatic hydroxyl groups is 1. The van der Waals surface area contributed by atoms with Crippen molar-refractivity contribution in [3.63, 3.8) is 0 Å². The van der Waals surface area contributed by atoms with E-state index in [9.17, 15) is 9.18 Å². The lowest BCUT2D eigenvalue weighted by molar-refractivity contribution is 0.102. The minimum absolute atomic E-state index is 0.105. The number of aromatic nitrogens is 4. The maximum atomic E-state index is 13.9. The lowest BCUT2D eigenvalue weighted by atomic mass is 10.2. The van der Waals surface area contributed by atoms with Gasteiger partial charge in [-0.05, 0) is 30.3 Å². The van der Waals surface area contributed by atoms with Crippen LogP contribution in [0.5, 0.6) is 5.75 Å². The Labute approximate surface area is 175 Å². The average molecular weight is 430 g/mol. The second-order valence-electron chi connectivity index (χ2n) is 6.43. The van der Waals surface area contributed by atoms with Gasteiger partial charge in [-0.15, -0.1) is 0 Å². The highest BCUT2D eigenvalue weighted by Crippen LogP contribution is 2.27. The summed E-state index contributed by atoms with van der Waals surface area (Å²) in [5.74, 6) is 0.296. The molecule has 0 atom stereocenters. The van der Waals surface area contributed by atoms with Crippen molar-refractivity contribution < 1.29 is 19.0 Å². The van der Waals surface area contributed by atoms with Crippen molar-refractivity contribution >= 4 is 34.4 Å². The Bertz CT molecular complexity index is 1240. The van der Waals surface area contributed by atoms with Gasteiger partial charge >= 0.3 is 0 Å². The van der Waals surface area contributed by atoms with Gasteiger partial charge in [0.2, 0.25) is 0 Å². The molecule has 0 unspecified atom stereocenters. The van der Waals surface area contributed by atoms with E-state index >= 15 is 0 Å². The second kappa shape index (κ2) is 8.13. The van der Waals surface area contributed by atoms with Gasteiger partial charge in [0, 0.05) is 18.7 Å². The molecule has 0 bridgehead atoms. The quantitative estimate of drug-likeness (QED) is 0.436. The van der Waals surface area contributed by atoms with Gasteiger partial charge in [0.25, 0.3) is 5.91 Å². The van der Waals surface area contributed by atoms with Crippen LogP contribution in [0.3, 0.4) is 0 Å². The third kappa shape index (κ3) is 3.85. The molecule has 0 radical (unpaired) electrons. The fraction of sp³-hybridized carbons (Fsp3) is 0.150. The zero-order valence-corrected chi connectivity index (χ0v) is 16.6. The number of aliphatic hydroxyl groups excluding tert-OH is 1. The Morgan fingerprint density at radius 3 is 2.90 bits per heavy atom. The monoisotopic (exact) mass is 429 g/mol. The van der Waals surface area contributed by atoms with Crippen LogP contribution in [0, 0.1) is 5.82 Å². The number of carbonyl (C=O) groups is 1. The molecule has 0 spiro atoms. The van der Waals surface area contributed by atoms with Crippen LogP contribution in [0.25, 0.3) is 22.6 Å². The molecule has 2 aromatic carbocycles. The molecule has 8 nitrogen and oxygen atoms in total. The van der Waals surface area contributed by atoms with E-state index in [-0.39, 0.29) is 18.2 Å². The zero-order chi connectivity index (χ0) is 21.3. The fourth-order valence-electron chi connectivity index (χ4n) is 2.97. The number of carbonyl (C=O) groups excluding carboxylic acids is 1. The van der Waals surface area contributed by atoms with Crippen LogP contribution in [-0.4, -0.2) is 44.0 Å². The summed E-state index contributed by atoms with van der Waals surface area (Å²) in [6, 6.07) is 10.9. The predicted molar refractivity (Wildman–Crippen MR) is 110 cm³/mol.